The van der Waals surface area contributed by atoms with Crippen LogP contribution in [0, 0.1) is 5.41 Å². The number of aliphatic imine (C=N–C) groups is 2. The van der Waals surface area contributed by atoms with Crippen molar-refractivity contribution in [2.75, 3.05) is 6.54 Å². The molecular formula is C17H28N2O2. The lowest BCUT2D eigenvalue weighted by Gasteiger charge is -2.18. The first kappa shape index (κ1) is 19.3. The third-order valence-electron chi connectivity index (χ3n) is 3.13. The lowest BCUT2D eigenvalue weighted by molar-refractivity contribution is -0.135. The minimum Gasteiger partial charge on any atom is -0.481 e. The first-order valence-electron chi connectivity index (χ1n) is 7.24. The second-order valence-corrected chi connectivity index (χ2v) is 6.16. The van der Waals surface area contributed by atoms with Gasteiger partial charge in [0.05, 0.1) is 6.42 Å². The van der Waals surface area contributed by atoms with Crippen LogP contribution in [-0.4, -0.2) is 29.2 Å². The highest BCUT2D eigenvalue weighted by molar-refractivity contribution is 6.09. The predicted molar refractivity (Wildman–Crippen MR) is 90.3 cm³/mol. The second-order valence-electron chi connectivity index (χ2n) is 6.16. The number of hydrogen-bond donors (Lipinski definition) is 1. The third-order valence-corrected chi connectivity index (χ3v) is 3.13. The van der Waals surface area contributed by atoms with E-state index in [0.717, 1.165) is 5.57 Å². The Morgan fingerprint density at radius 2 is 1.71 bits per heavy atom. The molecular weight excluding hydrogens is 264 g/mol. The van der Waals surface area contributed by atoms with Crippen LogP contribution in [-0.2, 0) is 4.79 Å². The highest BCUT2D eigenvalue weighted by Gasteiger charge is 2.11. The third kappa shape index (κ3) is 8.23. The lowest BCUT2D eigenvalue weighted by Crippen LogP contribution is -2.08. The number of allylic oxidation sites excluding steroid dienone is 3. The Morgan fingerprint density at radius 1 is 1.14 bits per heavy atom. The molecule has 0 saturated carbocycles. The Hall–Kier alpha value is -1.71. The number of aliphatic carboxylic acids is 1. The van der Waals surface area contributed by atoms with Crippen molar-refractivity contribution in [3.8, 4) is 0 Å². The zero-order valence-electron chi connectivity index (χ0n) is 14.3. The summed E-state index contributed by atoms with van der Waals surface area (Å²) in [5.74, 6) is -0.272. The Balaban J connectivity index is 5.32. The molecule has 0 aliphatic carbocycles. The monoisotopic (exact) mass is 292 g/mol. The molecule has 0 amide bonds. The van der Waals surface area contributed by atoms with Crippen LogP contribution in [0.15, 0.2) is 33.3 Å². The molecule has 0 unspecified atom stereocenters. The fourth-order valence-corrected chi connectivity index (χ4v) is 1.41. The fourth-order valence-electron chi connectivity index (χ4n) is 1.41. The maximum absolute atomic E-state index is 10.7. The maximum atomic E-state index is 10.7. The van der Waals surface area contributed by atoms with Gasteiger partial charge in [0.2, 0.25) is 0 Å². The van der Waals surface area contributed by atoms with E-state index in [1.54, 1.807) is 6.92 Å². The molecule has 21 heavy (non-hydrogen) atoms. The van der Waals surface area contributed by atoms with Crippen molar-refractivity contribution in [1.29, 1.82) is 0 Å². The average Bonchev–Trinajstić information content (AvgIpc) is 2.32. The van der Waals surface area contributed by atoms with Gasteiger partial charge in [-0.2, -0.15) is 0 Å². The molecule has 0 bridgehead atoms. The Bertz CT molecular complexity index is 489. The van der Waals surface area contributed by atoms with E-state index in [0.29, 0.717) is 18.1 Å². The molecule has 0 aromatic carbocycles. The number of hydrogen-bond acceptors (Lipinski definition) is 2. The van der Waals surface area contributed by atoms with Crippen molar-refractivity contribution in [1.82, 2.24) is 0 Å². The molecule has 0 atom stereocenters. The second kappa shape index (κ2) is 8.55. The molecule has 0 aliphatic heterocycles. The molecule has 0 radical (unpaired) electrons. The minimum absolute atomic E-state index is 0.0626. The van der Waals surface area contributed by atoms with Gasteiger partial charge in [-0.05, 0) is 38.7 Å². The summed E-state index contributed by atoms with van der Waals surface area (Å²) in [6.45, 7) is 14.8. The SMILES string of the molecule is CCN=C(N=C(C)CC(=O)O)/C(C)=C/C=C(\C)C(C)(C)C. The average molecular weight is 292 g/mol. The van der Waals surface area contributed by atoms with E-state index in [1.165, 1.54) is 5.57 Å². The van der Waals surface area contributed by atoms with Crippen LogP contribution in [0.4, 0.5) is 0 Å². The van der Waals surface area contributed by atoms with Crippen LogP contribution in [0.25, 0.3) is 0 Å². The Kier molecular flexibility index (Phi) is 7.85. The lowest BCUT2D eigenvalue weighted by atomic mass is 9.87. The molecule has 0 aromatic rings. The van der Waals surface area contributed by atoms with E-state index in [9.17, 15) is 4.79 Å². The highest BCUT2D eigenvalue weighted by atomic mass is 16.4. The van der Waals surface area contributed by atoms with Crippen molar-refractivity contribution >= 4 is 17.5 Å². The van der Waals surface area contributed by atoms with Crippen molar-refractivity contribution in [2.45, 2.75) is 54.9 Å². The van der Waals surface area contributed by atoms with Crippen molar-refractivity contribution in [2.24, 2.45) is 15.4 Å². The molecule has 0 aromatic heterocycles. The van der Waals surface area contributed by atoms with Gasteiger partial charge in [-0.15, -0.1) is 0 Å². The van der Waals surface area contributed by atoms with Crippen LogP contribution < -0.4 is 0 Å². The number of carboxylic acids is 1. The Labute approximate surface area is 128 Å². The summed E-state index contributed by atoms with van der Waals surface area (Å²) < 4.78 is 0. The summed E-state index contributed by atoms with van der Waals surface area (Å²) in [4.78, 5) is 19.4. The zero-order chi connectivity index (χ0) is 16.6. The van der Waals surface area contributed by atoms with Crippen molar-refractivity contribution in [3.63, 3.8) is 0 Å². The van der Waals surface area contributed by atoms with Gasteiger partial charge in [0.1, 0.15) is 5.84 Å². The van der Waals surface area contributed by atoms with E-state index < -0.39 is 5.97 Å². The maximum Gasteiger partial charge on any atom is 0.309 e. The number of carbonyl (C=O) groups is 1. The molecule has 0 spiro atoms. The standard InChI is InChI=1S/C17H28N2O2/c1-8-18-16(19-14(4)11-15(20)21)12(2)9-10-13(3)17(5,6)7/h9-10H,8,11H2,1-7H3,(H,20,21)/b12-9+,13-10+,18-16?,19-14?. The highest BCUT2D eigenvalue weighted by Crippen LogP contribution is 2.24. The van der Waals surface area contributed by atoms with Crippen molar-refractivity contribution < 1.29 is 9.90 Å². The molecule has 118 valence electrons. The van der Waals surface area contributed by atoms with Gasteiger partial charge in [-0.3, -0.25) is 9.79 Å². The van der Waals surface area contributed by atoms with Crippen LogP contribution >= 0.6 is 0 Å². The van der Waals surface area contributed by atoms with Crippen LogP contribution in [0.5, 0.6) is 0 Å². The summed E-state index contributed by atoms with van der Waals surface area (Å²) in [5, 5.41) is 8.79. The molecule has 4 nitrogen and oxygen atoms in total. The van der Waals surface area contributed by atoms with Gasteiger partial charge in [0, 0.05) is 12.3 Å². The quantitative estimate of drug-likeness (QED) is 0.467. The molecule has 0 rings (SSSR count). The summed E-state index contributed by atoms with van der Waals surface area (Å²) in [5.41, 5.74) is 2.88. The van der Waals surface area contributed by atoms with Gasteiger partial charge in [-0.1, -0.05) is 38.5 Å². The van der Waals surface area contributed by atoms with Gasteiger partial charge in [0.25, 0.3) is 0 Å². The molecule has 0 heterocycles. The summed E-state index contributed by atoms with van der Waals surface area (Å²) in [7, 11) is 0. The van der Waals surface area contributed by atoms with Crippen LogP contribution in [0.2, 0.25) is 0 Å². The van der Waals surface area contributed by atoms with Gasteiger partial charge in [0.15, 0.2) is 0 Å². The van der Waals surface area contributed by atoms with Crippen molar-refractivity contribution in [3.05, 3.63) is 23.3 Å². The minimum atomic E-state index is -0.878. The zero-order valence-corrected chi connectivity index (χ0v) is 14.3. The van der Waals surface area contributed by atoms with E-state index in [2.05, 4.69) is 43.8 Å². The number of nitrogens with zero attached hydrogens (tertiary/aromatic N) is 2. The first-order valence-corrected chi connectivity index (χ1v) is 7.24. The normalized spacial score (nSPS) is 15.4. The van der Waals surface area contributed by atoms with Gasteiger partial charge < -0.3 is 5.11 Å². The first-order chi connectivity index (χ1) is 9.57. The number of amidine groups is 1. The summed E-state index contributed by atoms with van der Waals surface area (Å²) in [6, 6.07) is 0. The van der Waals surface area contributed by atoms with E-state index in [-0.39, 0.29) is 11.8 Å². The largest absolute Gasteiger partial charge is 0.481 e. The van der Waals surface area contributed by atoms with Gasteiger partial charge >= 0.3 is 5.97 Å². The van der Waals surface area contributed by atoms with E-state index in [4.69, 9.17) is 5.11 Å². The molecule has 0 aliphatic rings. The topological polar surface area (TPSA) is 62.0 Å². The molecule has 0 fully saturated rings. The van der Waals surface area contributed by atoms with Crippen LogP contribution in [0.1, 0.15) is 54.9 Å². The molecule has 1 N–H and O–H groups in total. The number of carboxylic acid groups (broad SMARTS) is 1. The molecule has 0 saturated heterocycles. The van der Waals surface area contributed by atoms with Gasteiger partial charge in [-0.25, -0.2) is 4.99 Å². The van der Waals surface area contributed by atoms with E-state index in [1.807, 2.05) is 19.9 Å². The molecule has 4 heteroatoms. The smallest absolute Gasteiger partial charge is 0.309 e. The summed E-state index contributed by atoms with van der Waals surface area (Å²) in [6.07, 6.45) is 4.00. The van der Waals surface area contributed by atoms with Crippen LogP contribution in [0.3, 0.4) is 0 Å². The summed E-state index contributed by atoms with van der Waals surface area (Å²) >= 11 is 0. The fraction of sp³-hybridized carbons (Fsp3) is 0.588. The predicted octanol–water partition coefficient (Wildman–Crippen LogP) is 4.28. The van der Waals surface area contributed by atoms with E-state index >= 15 is 0 Å². The number of rotatable bonds is 5. The Morgan fingerprint density at radius 3 is 2.14 bits per heavy atom.